The summed E-state index contributed by atoms with van der Waals surface area (Å²) in [5, 5.41) is 3.51. The van der Waals surface area contributed by atoms with Gasteiger partial charge in [0.1, 0.15) is 0 Å². The van der Waals surface area contributed by atoms with Gasteiger partial charge in [0.2, 0.25) is 0 Å². The van der Waals surface area contributed by atoms with Crippen LogP contribution in [0.5, 0.6) is 0 Å². The first kappa shape index (κ1) is 13.9. The molecule has 19 heavy (non-hydrogen) atoms. The third kappa shape index (κ3) is 3.97. The van der Waals surface area contributed by atoms with Gasteiger partial charge in [0, 0.05) is 25.0 Å². The van der Waals surface area contributed by atoms with Crippen LogP contribution in [0.25, 0.3) is 0 Å². The highest BCUT2D eigenvalue weighted by molar-refractivity contribution is 5.26. The van der Waals surface area contributed by atoms with E-state index in [0.717, 1.165) is 19.6 Å². The average molecular weight is 256 g/mol. The number of unbranched alkanes of at least 4 members (excludes halogenated alkanes) is 1. The molecule has 1 aromatic carbocycles. The van der Waals surface area contributed by atoms with Crippen molar-refractivity contribution in [2.45, 2.75) is 39.8 Å². The Morgan fingerprint density at radius 2 is 1.95 bits per heavy atom. The fraction of sp³-hybridized carbons (Fsp3) is 0.412. The van der Waals surface area contributed by atoms with Crippen molar-refractivity contribution in [3.05, 3.63) is 59.4 Å². The van der Waals surface area contributed by atoms with Crippen LogP contribution in [0.15, 0.2) is 42.6 Å². The quantitative estimate of drug-likeness (QED) is 0.747. The largest absolute Gasteiger partial charge is 0.346 e. The molecule has 2 nitrogen and oxygen atoms in total. The molecule has 1 heterocycles. The molecule has 0 aliphatic rings. The van der Waals surface area contributed by atoms with Gasteiger partial charge < -0.3 is 9.88 Å². The number of aryl methyl sites for hydroxylation is 1. The highest BCUT2D eigenvalue weighted by atomic mass is 15.0. The summed E-state index contributed by atoms with van der Waals surface area (Å²) in [6.45, 7) is 7.43. The molecule has 2 rings (SSSR count). The Hall–Kier alpha value is -1.54. The Morgan fingerprint density at radius 3 is 2.74 bits per heavy atom. The molecule has 0 aliphatic heterocycles. The number of aromatic nitrogens is 1. The first-order valence-electron chi connectivity index (χ1n) is 7.20. The lowest BCUT2D eigenvalue weighted by Crippen LogP contribution is -2.17. The van der Waals surface area contributed by atoms with Crippen molar-refractivity contribution in [1.82, 2.24) is 9.88 Å². The number of benzene rings is 1. The standard InChI is InChI=1S/C17H24N2/c1-3-4-11-18-13-17-10-7-12-19(17)14-16-9-6-5-8-15(16)2/h5-10,12,18H,3-4,11,13-14H2,1-2H3. The predicted octanol–water partition coefficient (Wildman–Crippen LogP) is 3.73. The second kappa shape index (κ2) is 7.15. The van der Waals surface area contributed by atoms with Crippen LogP contribution >= 0.6 is 0 Å². The fourth-order valence-electron chi connectivity index (χ4n) is 2.25. The molecule has 102 valence electrons. The van der Waals surface area contributed by atoms with Crippen LogP contribution in [0, 0.1) is 6.92 Å². The van der Waals surface area contributed by atoms with Gasteiger partial charge in [0.15, 0.2) is 0 Å². The van der Waals surface area contributed by atoms with Crippen molar-refractivity contribution in [2.24, 2.45) is 0 Å². The zero-order chi connectivity index (χ0) is 13.5. The van der Waals surface area contributed by atoms with E-state index >= 15 is 0 Å². The lowest BCUT2D eigenvalue weighted by molar-refractivity contribution is 0.609. The van der Waals surface area contributed by atoms with Crippen LogP contribution in [0.3, 0.4) is 0 Å². The molecule has 2 heteroatoms. The van der Waals surface area contributed by atoms with Gasteiger partial charge in [-0.1, -0.05) is 37.6 Å². The molecule has 2 aromatic rings. The average Bonchev–Trinajstić information content (AvgIpc) is 2.85. The molecular weight excluding hydrogens is 232 g/mol. The van der Waals surface area contributed by atoms with Crippen molar-refractivity contribution in [3.63, 3.8) is 0 Å². The van der Waals surface area contributed by atoms with Gasteiger partial charge in [0.25, 0.3) is 0 Å². The summed E-state index contributed by atoms with van der Waals surface area (Å²) >= 11 is 0. The maximum Gasteiger partial charge on any atom is 0.0476 e. The Bertz CT molecular complexity index is 499. The van der Waals surface area contributed by atoms with E-state index in [1.54, 1.807) is 0 Å². The van der Waals surface area contributed by atoms with Crippen molar-refractivity contribution in [2.75, 3.05) is 6.54 Å². The van der Waals surface area contributed by atoms with E-state index < -0.39 is 0 Å². The zero-order valence-electron chi connectivity index (χ0n) is 12.0. The van der Waals surface area contributed by atoms with Crippen LogP contribution in [0.2, 0.25) is 0 Å². The molecule has 0 saturated heterocycles. The molecule has 1 N–H and O–H groups in total. The van der Waals surface area contributed by atoms with E-state index in [9.17, 15) is 0 Å². The second-order valence-electron chi connectivity index (χ2n) is 5.08. The van der Waals surface area contributed by atoms with Crippen LogP contribution in [0.4, 0.5) is 0 Å². The molecule has 0 saturated carbocycles. The van der Waals surface area contributed by atoms with E-state index in [2.05, 4.69) is 66.3 Å². The fourth-order valence-corrected chi connectivity index (χ4v) is 2.25. The van der Waals surface area contributed by atoms with E-state index in [4.69, 9.17) is 0 Å². The molecule has 0 unspecified atom stereocenters. The summed E-state index contributed by atoms with van der Waals surface area (Å²) in [7, 11) is 0. The van der Waals surface area contributed by atoms with Gasteiger partial charge in [0.05, 0.1) is 0 Å². The second-order valence-corrected chi connectivity index (χ2v) is 5.08. The summed E-state index contributed by atoms with van der Waals surface area (Å²) < 4.78 is 2.33. The van der Waals surface area contributed by atoms with Gasteiger partial charge in [-0.3, -0.25) is 0 Å². The van der Waals surface area contributed by atoms with E-state index in [1.165, 1.54) is 29.7 Å². The summed E-state index contributed by atoms with van der Waals surface area (Å²) in [6, 6.07) is 12.9. The lowest BCUT2D eigenvalue weighted by atomic mass is 10.1. The molecule has 1 aromatic heterocycles. The van der Waals surface area contributed by atoms with Crippen molar-refractivity contribution in [3.8, 4) is 0 Å². The van der Waals surface area contributed by atoms with Gasteiger partial charge in [-0.25, -0.2) is 0 Å². The minimum atomic E-state index is 0.957. The Kier molecular flexibility index (Phi) is 5.22. The maximum absolute atomic E-state index is 3.51. The number of rotatable bonds is 7. The molecular formula is C17H24N2. The molecule has 0 amide bonds. The monoisotopic (exact) mass is 256 g/mol. The number of nitrogens with one attached hydrogen (secondary N) is 1. The Labute approximate surface area is 116 Å². The molecule has 0 bridgehead atoms. The minimum Gasteiger partial charge on any atom is -0.346 e. The maximum atomic E-state index is 3.51. The first-order valence-corrected chi connectivity index (χ1v) is 7.20. The van der Waals surface area contributed by atoms with Crippen LogP contribution in [-0.2, 0) is 13.1 Å². The van der Waals surface area contributed by atoms with Crippen molar-refractivity contribution >= 4 is 0 Å². The smallest absolute Gasteiger partial charge is 0.0476 e. The summed E-state index contributed by atoms with van der Waals surface area (Å²) in [5.74, 6) is 0. The number of nitrogens with zero attached hydrogens (tertiary/aromatic N) is 1. The van der Waals surface area contributed by atoms with Gasteiger partial charge in [-0.15, -0.1) is 0 Å². The molecule has 0 radical (unpaired) electrons. The molecule has 0 aliphatic carbocycles. The predicted molar refractivity (Wildman–Crippen MR) is 81.3 cm³/mol. The summed E-state index contributed by atoms with van der Waals surface area (Å²) in [6.07, 6.45) is 4.67. The molecule has 0 fully saturated rings. The highest BCUT2D eigenvalue weighted by Crippen LogP contribution is 2.11. The Morgan fingerprint density at radius 1 is 1.11 bits per heavy atom. The number of hydrogen-bond acceptors (Lipinski definition) is 1. The zero-order valence-corrected chi connectivity index (χ0v) is 12.0. The normalized spacial score (nSPS) is 10.8. The molecule has 0 spiro atoms. The summed E-state index contributed by atoms with van der Waals surface area (Å²) in [4.78, 5) is 0. The van der Waals surface area contributed by atoms with E-state index in [0.29, 0.717) is 0 Å². The van der Waals surface area contributed by atoms with Gasteiger partial charge in [-0.05, 0) is 43.1 Å². The van der Waals surface area contributed by atoms with E-state index in [1.807, 2.05) is 0 Å². The van der Waals surface area contributed by atoms with E-state index in [-0.39, 0.29) is 0 Å². The van der Waals surface area contributed by atoms with Crippen molar-refractivity contribution in [1.29, 1.82) is 0 Å². The Balaban J connectivity index is 1.98. The SMILES string of the molecule is CCCCNCc1cccn1Cc1ccccc1C. The van der Waals surface area contributed by atoms with Crippen LogP contribution in [0.1, 0.15) is 36.6 Å². The topological polar surface area (TPSA) is 17.0 Å². The third-order valence-corrected chi connectivity index (χ3v) is 3.54. The molecule has 0 atom stereocenters. The van der Waals surface area contributed by atoms with Crippen LogP contribution in [-0.4, -0.2) is 11.1 Å². The summed E-state index contributed by atoms with van der Waals surface area (Å²) in [5.41, 5.74) is 4.12. The minimum absolute atomic E-state index is 0.957. The highest BCUT2D eigenvalue weighted by Gasteiger charge is 2.03. The lowest BCUT2D eigenvalue weighted by Gasteiger charge is -2.12. The van der Waals surface area contributed by atoms with Gasteiger partial charge in [-0.2, -0.15) is 0 Å². The third-order valence-electron chi connectivity index (χ3n) is 3.54. The number of hydrogen-bond donors (Lipinski definition) is 1. The first-order chi connectivity index (χ1) is 9.31. The van der Waals surface area contributed by atoms with Gasteiger partial charge >= 0.3 is 0 Å². The van der Waals surface area contributed by atoms with Crippen LogP contribution < -0.4 is 5.32 Å². The van der Waals surface area contributed by atoms with Crippen molar-refractivity contribution < 1.29 is 0 Å².